The second-order valence-electron chi connectivity index (χ2n) is 9.19. The van der Waals surface area contributed by atoms with Crippen LogP contribution in [-0.2, 0) is 21.9 Å². The summed E-state index contributed by atoms with van der Waals surface area (Å²) in [6, 6.07) is 2.24. The van der Waals surface area contributed by atoms with Crippen molar-refractivity contribution in [1.29, 1.82) is 0 Å². The van der Waals surface area contributed by atoms with E-state index in [-0.39, 0.29) is 35.1 Å². The molecule has 4 rings (SSSR count). The van der Waals surface area contributed by atoms with E-state index in [9.17, 15) is 40.7 Å². The summed E-state index contributed by atoms with van der Waals surface area (Å²) in [5.74, 6) is -2.28. The van der Waals surface area contributed by atoms with Crippen LogP contribution in [0.5, 0.6) is 0 Å². The minimum absolute atomic E-state index is 0.0742. The molecule has 1 aliphatic rings. The molecule has 11 nitrogen and oxygen atoms in total. The van der Waals surface area contributed by atoms with Gasteiger partial charge in [-0.15, -0.1) is 5.10 Å². The van der Waals surface area contributed by atoms with Gasteiger partial charge in [0, 0.05) is 31.8 Å². The van der Waals surface area contributed by atoms with Gasteiger partial charge in [-0.2, -0.15) is 36.0 Å². The number of morpholine rings is 1. The number of halogens is 6. The van der Waals surface area contributed by atoms with E-state index >= 15 is 0 Å². The molecule has 224 valence electrons. The molecule has 42 heavy (non-hydrogen) atoms. The first-order chi connectivity index (χ1) is 19.6. The first-order valence-electron chi connectivity index (χ1n) is 12.3. The lowest BCUT2D eigenvalue weighted by Gasteiger charge is -2.26. The second kappa shape index (κ2) is 11.8. The van der Waals surface area contributed by atoms with Crippen LogP contribution < -0.4 is 10.6 Å². The first-order valence-corrected chi connectivity index (χ1v) is 12.3. The Bertz CT molecular complexity index is 1450. The van der Waals surface area contributed by atoms with Gasteiger partial charge in [0.15, 0.2) is 11.6 Å². The fourth-order valence-electron chi connectivity index (χ4n) is 4.00. The minimum atomic E-state index is -5.14. The Hall–Kier alpha value is -4.54. The summed E-state index contributed by atoms with van der Waals surface area (Å²) in [4.78, 5) is 47.1. The topological polar surface area (TPSA) is 131 Å². The summed E-state index contributed by atoms with van der Waals surface area (Å²) >= 11 is 0. The fourth-order valence-corrected chi connectivity index (χ4v) is 4.00. The van der Waals surface area contributed by atoms with Crippen molar-refractivity contribution in [2.75, 3.05) is 31.6 Å². The van der Waals surface area contributed by atoms with Crippen molar-refractivity contribution in [2.45, 2.75) is 32.2 Å². The molecular formula is C25H23F6N7O4. The Morgan fingerprint density at radius 1 is 0.952 bits per heavy atom. The van der Waals surface area contributed by atoms with E-state index in [0.29, 0.717) is 38.4 Å². The lowest BCUT2D eigenvalue weighted by atomic mass is 10.0. The van der Waals surface area contributed by atoms with Crippen LogP contribution >= 0.6 is 0 Å². The van der Waals surface area contributed by atoms with E-state index in [1.807, 2.05) is 0 Å². The molecule has 17 heteroatoms. The van der Waals surface area contributed by atoms with E-state index in [2.05, 4.69) is 25.7 Å². The number of alkyl halides is 6. The van der Waals surface area contributed by atoms with Crippen molar-refractivity contribution >= 4 is 23.7 Å². The molecule has 1 aromatic carbocycles. The lowest BCUT2D eigenvalue weighted by Crippen LogP contribution is -2.40. The van der Waals surface area contributed by atoms with Crippen LogP contribution in [-0.4, -0.2) is 68.7 Å². The maximum absolute atomic E-state index is 13.3. The first kappa shape index (κ1) is 30.4. The zero-order valence-corrected chi connectivity index (χ0v) is 22.0. The molecule has 0 saturated carbocycles. The summed E-state index contributed by atoms with van der Waals surface area (Å²) < 4.78 is 85.9. The molecule has 1 unspecified atom stereocenters. The number of nitrogens with one attached hydrogen (secondary N) is 2. The summed E-state index contributed by atoms with van der Waals surface area (Å²) in [5.41, 5.74) is -3.93. The minimum Gasteiger partial charge on any atom is -0.378 e. The SMILES string of the molecule is CC(=O)Nc1nc(C(C)NC(=O)c2cc(C(F)(F)F)cc(C(F)(F)F)c2)n(-c2ccc(C(=O)N3CCOCC3)cn2)n1. The quantitative estimate of drug-likeness (QED) is 0.414. The van der Waals surface area contributed by atoms with Gasteiger partial charge in [0.25, 0.3) is 11.8 Å². The third kappa shape index (κ3) is 7.02. The van der Waals surface area contributed by atoms with E-state index in [4.69, 9.17) is 4.74 Å². The predicted octanol–water partition coefficient (Wildman–Crippen LogP) is 3.62. The number of carbonyl (C=O) groups excluding carboxylic acids is 3. The highest BCUT2D eigenvalue weighted by atomic mass is 19.4. The summed E-state index contributed by atoms with van der Waals surface area (Å²) in [7, 11) is 0. The van der Waals surface area contributed by atoms with Gasteiger partial charge in [-0.3, -0.25) is 19.7 Å². The number of rotatable bonds is 6. The van der Waals surface area contributed by atoms with Crippen LogP contribution in [0, 0.1) is 0 Å². The van der Waals surface area contributed by atoms with Gasteiger partial charge < -0.3 is 15.0 Å². The number of anilines is 1. The molecule has 0 aliphatic carbocycles. The van der Waals surface area contributed by atoms with Crippen molar-refractivity contribution in [2.24, 2.45) is 0 Å². The van der Waals surface area contributed by atoms with Gasteiger partial charge in [-0.05, 0) is 37.3 Å². The Morgan fingerprint density at radius 2 is 1.57 bits per heavy atom. The van der Waals surface area contributed by atoms with Crippen LogP contribution in [0.4, 0.5) is 32.3 Å². The van der Waals surface area contributed by atoms with Crippen molar-refractivity contribution in [3.8, 4) is 5.82 Å². The summed E-state index contributed by atoms with van der Waals surface area (Å²) in [6.07, 6.45) is -9.01. The molecule has 3 aromatic rings. The third-order valence-corrected chi connectivity index (χ3v) is 6.01. The zero-order chi connectivity index (χ0) is 30.8. The number of ether oxygens (including phenoxy) is 1. The Morgan fingerprint density at radius 3 is 2.10 bits per heavy atom. The smallest absolute Gasteiger partial charge is 0.378 e. The average molecular weight is 599 g/mol. The van der Waals surface area contributed by atoms with Crippen molar-refractivity contribution in [3.05, 3.63) is 64.6 Å². The third-order valence-electron chi connectivity index (χ3n) is 6.01. The van der Waals surface area contributed by atoms with Crippen molar-refractivity contribution in [1.82, 2.24) is 30.0 Å². The normalized spacial score (nSPS) is 14.8. The van der Waals surface area contributed by atoms with Gasteiger partial charge in [0.05, 0.1) is 35.9 Å². The van der Waals surface area contributed by atoms with Crippen LogP contribution in [0.25, 0.3) is 5.82 Å². The monoisotopic (exact) mass is 599 g/mol. The summed E-state index contributed by atoms with van der Waals surface area (Å²) in [5, 5.41) is 8.79. The molecular weight excluding hydrogens is 576 g/mol. The largest absolute Gasteiger partial charge is 0.416 e. The average Bonchev–Trinajstić information content (AvgIpc) is 3.35. The van der Waals surface area contributed by atoms with E-state index < -0.39 is 46.9 Å². The summed E-state index contributed by atoms with van der Waals surface area (Å²) in [6.45, 7) is 4.13. The van der Waals surface area contributed by atoms with E-state index in [1.54, 1.807) is 4.90 Å². The maximum atomic E-state index is 13.3. The number of hydrogen-bond acceptors (Lipinski definition) is 7. The molecule has 0 bridgehead atoms. The van der Waals surface area contributed by atoms with Crippen LogP contribution in [0.1, 0.15) is 57.6 Å². The van der Waals surface area contributed by atoms with Gasteiger partial charge in [-0.25, -0.2) is 4.98 Å². The number of amides is 3. The molecule has 0 radical (unpaired) electrons. The number of pyridine rings is 1. The predicted molar refractivity (Wildman–Crippen MR) is 133 cm³/mol. The van der Waals surface area contributed by atoms with Crippen LogP contribution in [0.2, 0.25) is 0 Å². The maximum Gasteiger partial charge on any atom is 0.416 e. The van der Waals surface area contributed by atoms with E-state index in [1.165, 1.54) is 32.2 Å². The highest BCUT2D eigenvalue weighted by molar-refractivity contribution is 5.95. The van der Waals surface area contributed by atoms with Crippen molar-refractivity contribution < 1.29 is 45.5 Å². The molecule has 3 heterocycles. The zero-order valence-electron chi connectivity index (χ0n) is 22.0. The molecule has 1 aliphatic heterocycles. The van der Waals surface area contributed by atoms with Gasteiger partial charge in [0.1, 0.15) is 0 Å². The van der Waals surface area contributed by atoms with Crippen LogP contribution in [0.15, 0.2) is 36.5 Å². The Kier molecular flexibility index (Phi) is 8.51. The van der Waals surface area contributed by atoms with Crippen LogP contribution in [0.3, 0.4) is 0 Å². The highest BCUT2D eigenvalue weighted by Crippen LogP contribution is 2.36. The molecule has 1 atom stereocenters. The number of carbonyl (C=O) groups is 3. The molecule has 1 saturated heterocycles. The highest BCUT2D eigenvalue weighted by Gasteiger charge is 2.37. The fraction of sp³-hybridized carbons (Fsp3) is 0.360. The number of nitrogens with zero attached hydrogens (tertiary/aromatic N) is 5. The standard InChI is InChI=1S/C25H23F6N7O4/c1-13(33-21(40)16-9-17(24(26,27)28)11-18(10-16)25(29,30)31)20-35-23(34-14(2)39)36-38(20)19-4-3-15(12-32-19)22(41)37-5-7-42-8-6-37/h3-4,9-13H,5-8H2,1-2H3,(H,33,40)(H,34,36,39). The second-order valence-corrected chi connectivity index (χ2v) is 9.19. The number of benzene rings is 1. The molecule has 2 N–H and O–H groups in total. The lowest BCUT2D eigenvalue weighted by molar-refractivity contribution is -0.143. The number of hydrogen-bond donors (Lipinski definition) is 2. The molecule has 1 fully saturated rings. The molecule has 2 aromatic heterocycles. The van der Waals surface area contributed by atoms with E-state index in [0.717, 1.165) is 4.68 Å². The van der Waals surface area contributed by atoms with Gasteiger partial charge >= 0.3 is 12.4 Å². The Balaban J connectivity index is 1.63. The number of aromatic nitrogens is 4. The van der Waals surface area contributed by atoms with Gasteiger partial charge in [-0.1, -0.05) is 0 Å². The molecule has 0 spiro atoms. The molecule has 3 amide bonds. The Labute approximate surface area is 233 Å². The van der Waals surface area contributed by atoms with Gasteiger partial charge in [0.2, 0.25) is 11.9 Å². The van der Waals surface area contributed by atoms with Crippen molar-refractivity contribution in [3.63, 3.8) is 0 Å².